The van der Waals surface area contributed by atoms with Crippen molar-refractivity contribution in [2.75, 3.05) is 5.32 Å². The molecule has 35 heavy (non-hydrogen) atoms. The zero-order valence-corrected chi connectivity index (χ0v) is 20.0. The van der Waals surface area contributed by atoms with E-state index in [4.69, 9.17) is 9.72 Å². The summed E-state index contributed by atoms with van der Waals surface area (Å²) in [5, 5.41) is 12.8. The van der Waals surface area contributed by atoms with E-state index < -0.39 is 0 Å². The van der Waals surface area contributed by atoms with Gasteiger partial charge in [0.25, 0.3) is 0 Å². The van der Waals surface area contributed by atoms with Crippen molar-refractivity contribution < 1.29 is 4.74 Å². The third kappa shape index (κ3) is 4.30. The Hall–Kier alpha value is -4.70. The van der Waals surface area contributed by atoms with Crippen LogP contribution in [0.4, 0.5) is 11.6 Å². The highest BCUT2D eigenvalue weighted by molar-refractivity contribution is 5.83. The van der Waals surface area contributed by atoms with Crippen LogP contribution in [0.25, 0.3) is 22.2 Å². The number of benzene rings is 2. The second-order valence-electron chi connectivity index (χ2n) is 8.58. The lowest BCUT2D eigenvalue weighted by atomic mass is 9.97. The molecule has 2 aromatic carbocycles. The molecule has 172 valence electrons. The van der Waals surface area contributed by atoms with E-state index in [-0.39, 0.29) is 0 Å². The third-order valence-corrected chi connectivity index (χ3v) is 5.91. The molecule has 0 atom stereocenters. The van der Waals surface area contributed by atoms with Gasteiger partial charge >= 0.3 is 0 Å². The molecule has 0 saturated carbocycles. The van der Waals surface area contributed by atoms with Gasteiger partial charge in [0.05, 0.1) is 11.1 Å². The predicted molar refractivity (Wildman–Crippen MR) is 137 cm³/mol. The second-order valence-corrected chi connectivity index (χ2v) is 8.58. The van der Waals surface area contributed by atoms with Crippen molar-refractivity contribution in [1.82, 2.24) is 19.5 Å². The highest BCUT2D eigenvalue weighted by Crippen LogP contribution is 2.36. The Kier molecular flexibility index (Phi) is 5.63. The molecular formula is C28H24N6O. The highest BCUT2D eigenvalue weighted by Gasteiger charge is 2.17. The van der Waals surface area contributed by atoms with Crippen molar-refractivity contribution >= 4 is 22.7 Å². The lowest BCUT2D eigenvalue weighted by Gasteiger charge is -2.16. The van der Waals surface area contributed by atoms with E-state index in [1.165, 1.54) is 5.56 Å². The van der Waals surface area contributed by atoms with Crippen molar-refractivity contribution in [2.45, 2.75) is 20.8 Å². The molecule has 3 heterocycles. The van der Waals surface area contributed by atoms with Crippen LogP contribution in [-0.2, 0) is 7.05 Å². The number of aromatic nitrogens is 4. The van der Waals surface area contributed by atoms with E-state index in [1.807, 2.05) is 87.1 Å². The molecule has 0 amide bonds. The first-order valence-corrected chi connectivity index (χ1v) is 11.2. The van der Waals surface area contributed by atoms with Gasteiger partial charge in [-0.25, -0.2) is 4.98 Å². The van der Waals surface area contributed by atoms with E-state index >= 15 is 0 Å². The topological polar surface area (TPSA) is 88.7 Å². The second kappa shape index (κ2) is 8.92. The molecule has 0 unspecified atom stereocenters. The molecule has 0 spiro atoms. The summed E-state index contributed by atoms with van der Waals surface area (Å²) in [7, 11) is 1.95. The molecule has 3 aromatic heterocycles. The molecule has 0 bridgehead atoms. The SMILES string of the molecule is Cc1ccc(Nc2nc(Oc3c(C)cc(-c4ccncc4C#N)cc3C)c3c(ccn3C)n2)cc1. The fraction of sp³-hybridized carbons (Fsp3) is 0.143. The molecule has 0 aliphatic heterocycles. The number of hydrogen-bond donors (Lipinski definition) is 1. The first kappa shape index (κ1) is 22.1. The van der Waals surface area contributed by atoms with Gasteiger partial charge in [-0.15, -0.1) is 0 Å². The van der Waals surface area contributed by atoms with Gasteiger partial charge in [0, 0.05) is 36.9 Å². The van der Waals surface area contributed by atoms with Crippen LogP contribution < -0.4 is 10.1 Å². The molecule has 0 fully saturated rings. The molecule has 7 heteroatoms. The van der Waals surface area contributed by atoms with Crippen molar-refractivity contribution in [1.29, 1.82) is 5.26 Å². The smallest absolute Gasteiger partial charge is 0.249 e. The summed E-state index contributed by atoms with van der Waals surface area (Å²) in [6, 6.07) is 18.1. The van der Waals surface area contributed by atoms with E-state index in [2.05, 4.69) is 21.4 Å². The van der Waals surface area contributed by atoms with Gasteiger partial charge in [-0.2, -0.15) is 10.2 Å². The van der Waals surface area contributed by atoms with Crippen LogP contribution in [0, 0.1) is 32.1 Å². The van der Waals surface area contributed by atoms with Crippen LogP contribution >= 0.6 is 0 Å². The summed E-state index contributed by atoms with van der Waals surface area (Å²) in [5.74, 6) is 1.66. The summed E-state index contributed by atoms with van der Waals surface area (Å²) in [6.45, 7) is 6.04. The molecule has 7 nitrogen and oxygen atoms in total. The Morgan fingerprint density at radius 2 is 1.71 bits per heavy atom. The summed E-state index contributed by atoms with van der Waals surface area (Å²) in [4.78, 5) is 13.5. The lowest BCUT2D eigenvalue weighted by molar-refractivity contribution is 0.459. The van der Waals surface area contributed by atoms with E-state index in [0.717, 1.165) is 44.7 Å². The number of nitrogens with one attached hydrogen (secondary N) is 1. The molecule has 1 N–H and O–H groups in total. The minimum atomic E-state index is 0.463. The molecular weight excluding hydrogens is 436 g/mol. The lowest BCUT2D eigenvalue weighted by Crippen LogP contribution is -2.02. The fourth-order valence-electron chi connectivity index (χ4n) is 4.15. The summed E-state index contributed by atoms with van der Waals surface area (Å²) >= 11 is 0. The Morgan fingerprint density at radius 1 is 0.971 bits per heavy atom. The number of nitriles is 1. The molecule has 5 rings (SSSR count). The number of aryl methyl sites for hydroxylation is 4. The fourth-order valence-corrected chi connectivity index (χ4v) is 4.15. The van der Waals surface area contributed by atoms with E-state index in [1.54, 1.807) is 12.4 Å². The number of anilines is 2. The molecule has 0 aliphatic carbocycles. The summed E-state index contributed by atoms with van der Waals surface area (Å²) in [5.41, 5.74) is 7.88. The number of hydrogen-bond acceptors (Lipinski definition) is 6. The van der Waals surface area contributed by atoms with Crippen molar-refractivity contribution in [3.63, 3.8) is 0 Å². The predicted octanol–water partition coefficient (Wildman–Crippen LogP) is 6.36. The van der Waals surface area contributed by atoms with Gasteiger partial charge < -0.3 is 14.6 Å². The van der Waals surface area contributed by atoms with Crippen molar-refractivity contribution in [3.05, 3.63) is 89.4 Å². The van der Waals surface area contributed by atoms with Gasteiger partial charge in [-0.05, 0) is 73.9 Å². The molecule has 0 radical (unpaired) electrons. The molecule has 0 saturated heterocycles. The van der Waals surface area contributed by atoms with Gasteiger partial charge in [-0.3, -0.25) is 4.98 Å². The largest absolute Gasteiger partial charge is 0.436 e. The zero-order valence-electron chi connectivity index (χ0n) is 20.0. The highest BCUT2D eigenvalue weighted by atomic mass is 16.5. The van der Waals surface area contributed by atoms with Crippen LogP contribution in [0.5, 0.6) is 11.6 Å². The first-order chi connectivity index (χ1) is 16.9. The van der Waals surface area contributed by atoms with Gasteiger partial charge in [0.2, 0.25) is 11.8 Å². The normalized spacial score (nSPS) is 10.8. The van der Waals surface area contributed by atoms with E-state index in [9.17, 15) is 5.26 Å². The zero-order chi connectivity index (χ0) is 24.5. The minimum absolute atomic E-state index is 0.463. The van der Waals surface area contributed by atoms with Crippen LogP contribution in [-0.4, -0.2) is 19.5 Å². The summed E-state index contributed by atoms with van der Waals surface area (Å²) < 4.78 is 8.40. The first-order valence-electron chi connectivity index (χ1n) is 11.2. The Balaban J connectivity index is 1.55. The van der Waals surface area contributed by atoms with Crippen molar-refractivity contribution in [2.24, 2.45) is 7.05 Å². The maximum atomic E-state index is 9.48. The van der Waals surface area contributed by atoms with Crippen molar-refractivity contribution in [3.8, 4) is 28.8 Å². The van der Waals surface area contributed by atoms with Gasteiger partial charge in [-0.1, -0.05) is 17.7 Å². The van der Waals surface area contributed by atoms with Crippen LogP contribution in [0.2, 0.25) is 0 Å². The van der Waals surface area contributed by atoms with Gasteiger partial charge in [0.1, 0.15) is 17.3 Å². The molecule has 0 aliphatic rings. The van der Waals surface area contributed by atoms with Crippen LogP contribution in [0.3, 0.4) is 0 Å². The number of fused-ring (bicyclic) bond motifs is 1. The molecule has 5 aromatic rings. The number of rotatable bonds is 5. The Bertz CT molecular complexity index is 1570. The van der Waals surface area contributed by atoms with Gasteiger partial charge in [0.15, 0.2) is 0 Å². The van der Waals surface area contributed by atoms with Crippen LogP contribution in [0.1, 0.15) is 22.3 Å². The monoisotopic (exact) mass is 460 g/mol. The Morgan fingerprint density at radius 3 is 2.43 bits per heavy atom. The summed E-state index contributed by atoms with van der Waals surface area (Å²) in [6.07, 6.45) is 5.22. The average Bonchev–Trinajstić information content (AvgIpc) is 3.23. The quantitative estimate of drug-likeness (QED) is 0.328. The number of pyridine rings is 1. The minimum Gasteiger partial charge on any atom is -0.436 e. The standard InChI is InChI=1S/C28H24N6O/c1-17-5-7-22(8-6-17)31-28-32-24-10-12-34(4)25(24)27(33-28)35-26-18(2)13-20(14-19(26)3)23-9-11-30-16-21(23)15-29/h5-14,16H,1-4H3,(H,31,32,33). The average molecular weight is 461 g/mol. The number of nitrogens with zero attached hydrogens (tertiary/aromatic N) is 5. The van der Waals surface area contributed by atoms with Crippen LogP contribution in [0.15, 0.2) is 67.1 Å². The maximum Gasteiger partial charge on any atom is 0.249 e. The third-order valence-electron chi connectivity index (χ3n) is 5.91. The Labute approximate surface area is 203 Å². The van der Waals surface area contributed by atoms with E-state index in [0.29, 0.717) is 17.4 Å². The maximum absolute atomic E-state index is 9.48. The number of ether oxygens (including phenoxy) is 1.